The van der Waals surface area contributed by atoms with Gasteiger partial charge in [0.05, 0.1) is 29.8 Å². The van der Waals surface area contributed by atoms with E-state index in [2.05, 4.69) is 0 Å². The SMILES string of the molecule is COc1cc(C(F)(F)F)c(N)cc1C1=C(CN2C(=O)O[C@H](c3cc(C(F)(F)F)cc(C(F)(F)F)c3)[C@@H]2C)CC(C)(C)CC1. The molecule has 2 N–H and O–H groups in total. The topological polar surface area (TPSA) is 64.8 Å². The van der Waals surface area contributed by atoms with Gasteiger partial charge in [0.15, 0.2) is 0 Å². The van der Waals surface area contributed by atoms with Crippen molar-refractivity contribution in [1.29, 1.82) is 0 Å². The van der Waals surface area contributed by atoms with Crippen molar-refractivity contribution in [3.63, 3.8) is 0 Å². The summed E-state index contributed by atoms with van der Waals surface area (Å²) in [7, 11) is 1.21. The number of amides is 1. The lowest BCUT2D eigenvalue weighted by molar-refractivity contribution is -0.143. The zero-order valence-electron chi connectivity index (χ0n) is 23.5. The Hall–Kier alpha value is -3.58. The third-order valence-electron chi connectivity index (χ3n) is 7.86. The molecule has 1 aliphatic carbocycles. The van der Waals surface area contributed by atoms with Crippen LogP contribution in [0, 0.1) is 5.41 Å². The fourth-order valence-corrected chi connectivity index (χ4v) is 5.64. The third-order valence-corrected chi connectivity index (χ3v) is 7.86. The average molecular weight is 625 g/mol. The minimum Gasteiger partial charge on any atom is -0.496 e. The lowest BCUT2D eigenvalue weighted by atomic mass is 9.72. The molecule has 0 unspecified atom stereocenters. The average Bonchev–Trinajstić information content (AvgIpc) is 3.14. The number of rotatable bonds is 5. The minimum absolute atomic E-state index is 0.00689. The van der Waals surface area contributed by atoms with Crippen molar-refractivity contribution in [3.05, 3.63) is 63.7 Å². The summed E-state index contributed by atoms with van der Waals surface area (Å²) in [5.41, 5.74) is 1.82. The Bertz CT molecular complexity index is 1410. The van der Waals surface area contributed by atoms with Crippen molar-refractivity contribution in [2.24, 2.45) is 5.41 Å². The Morgan fingerprint density at radius 1 is 0.953 bits per heavy atom. The fraction of sp³-hybridized carbons (Fsp3) is 0.483. The van der Waals surface area contributed by atoms with Crippen molar-refractivity contribution < 1.29 is 53.8 Å². The van der Waals surface area contributed by atoms with E-state index in [1.807, 2.05) is 13.8 Å². The fourth-order valence-electron chi connectivity index (χ4n) is 5.64. The number of ether oxygens (including phenoxy) is 2. The third kappa shape index (κ3) is 6.67. The van der Waals surface area contributed by atoms with E-state index in [-0.39, 0.29) is 23.8 Å². The largest absolute Gasteiger partial charge is 0.496 e. The molecular formula is C29H29F9N2O3. The molecule has 0 radical (unpaired) electrons. The van der Waals surface area contributed by atoms with Crippen molar-refractivity contribution in [3.8, 4) is 5.75 Å². The van der Waals surface area contributed by atoms with E-state index in [0.29, 0.717) is 48.1 Å². The number of methoxy groups -OCH3 is 1. The van der Waals surface area contributed by atoms with Crippen LogP contribution in [-0.2, 0) is 23.3 Å². The lowest BCUT2D eigenvalue weighted by Crippen LogP contribution is -2.35. The van der Waals surface area contributed by atoms with Crippen LogP contribution in [0.2, 0.25) is 0 Å². The van der Waals surface area contributed by atoms with Gasteiger partial charge in [0.25, 0.3) is 0 Å². The van der Waals surface area contributed by atoms with Crippen molar-refractivity contribution >= 4 is 17.4 Å². The van der Waals surface area contributed by atoms with Crippen molar-refractivity contribution in [2.45, 2.75) is 70.7 Å². The van der Waals surface area contributed by atoms with Crippen LogP contribution in [0.1, 0.15) is 74.0 Å². The number of carbonyl (C=O) groups is 1. The molecule has 14 heteroatoms. The maximum absolute atomic E-state index is 13.5. The number of allylic oxidation sites excluding steroid dienone is 1. The summed E-state index contributed by atoms with van der Waals surface area (Å²) in [6, 6.07) is 2.01. The molecule has 2 atom stereocenters. The Morgan fingerprint density at radius 2 is 1.53 bits per heavy atom. The van der Waals surface area contributed by atoms with Gasteiger partial charge >= 0.3 is 24.6 Å². The van der Waals surface area contributed by atoms with Crippen LogP contribution in [0.4, 0.5) is 50.0 Å². The van der Waals surface area contributed by atoms with E-state index in [4.69, 9.17) is 15.2 Å². The second-order valence-corrected chi connectivity index (χ2v) is 11.6. The van der Waals surface area contributed by atoms with E-state index >= 15 is 0 Å². The van der Waals surface area contributed by atoms with E-state index in [1.54, 1.807) is 0 Å². The molecule has 2 aromatic carbocycles. The molecule has 4 rings (SSSR count). The summed E-state index contributed by atoms with van der Waals surface area (Å²) >= 11 is 0. The van der Waals surface area contributed by atoms with Gasteiger partial charge in [-0.1, -0.05) is 13.8 Å². The number of cyclic esters (lactones) is 1. The first kappa shape index (κ1) is 32.3. The molecule has 0 saturated carbocycles. The Balaban J connectivity index is 1.76. The van der Waals surface area contributed by atoms with Gasteiger partial charge in [-0.2, -0.15) is 39.5 Å². The monoisotopic (exact) mass is 624 g/mol. The van der Waals surface area contributed by atoms with Crippen molar-refractivity contribution in [2.75, 3.05) is 19.4 Å². The molecule has 236 valence electrons. The first-order chi connectivity index (χ1) is 19.6. The highest BCUT2D eigenvalue weighted by Crippen LogP contribution is 2.48. The predicted octanol–water partition coefficient (Wildman–Crippen LogP) is 8.88. The molecular weight excluding hydrogens is 595 g/mol. The maximum Gasteiger partial charge on any atom is 0.418 e. The number of hydrogen-bond acceptors (Lipinski definition) is 4. The van der Waals surface area contributed by atoms with Gasteiger partial charge in [0.2, 0.25) is 0 Å². The smallest absolute Gasteiger partial charge is 0.418 e. The quantitative estimate of drug-likeness (QED) is 0.267. The van der Waals surface area contributed by atoms with E-state index in [0.717, 1.165) is 12.1 Å². The molecule has 1 aliphatic heterocycles. The predicted molar refractivity (Wildman–Crippen MR) is 139 cm³/mol. The molecule has 1 fully saturated rings. The molecule has 1 heterocycles. The summed E-state index contributed by atoms with van der Waals surface area (Å²) in [6.07, 6.45) is -15.9. The molecule has 5 nitrogen and oxygen atoms in total. The van der Waals surface area contributed by atoms with Gasteiger partial charge < -0.3 is 15.2 Å². The van der Waals surface area contributed by atoms with Gasteiger partial charge in [-0.3, -0.25) is 4.90 Å². The highest BCUT2D eigenvalue weighted by molar-refractivity contribution is 5.79. The van der Waals surface area contributed by atoms with Gasteiger partial charge in [-0.15, -0.1) is 0 Å². The molecule has 2 aromatic rings. The zero-order valence-corrected chi connectivity index (χ0v) is 23.5. The van der Waals surface area contributed by atoms with Crippen LogP contribution in [-0.4, -0.2) is 30.7 Å². The molecule has 2 aliphatic rings. The number of hydrogen-bond donors (Lipinski definition) is 1. The van der Waals surface area contributed by atoms with Gasteiger partial charge in [-0.25, -0.2) is 4.79 Å². The number of nitrogen functional groups attached to an aromatic ring is 1. The van der Waals surface area contributed by atoms with E-state index < -0.39 is 64.7 Å². The molecule has 1 saturated heterocycles. The van der Waals surface area contributed by atoms with Crippen LogP contribution in [0.3, 0.4) is 0 Å². The zero-order chi connectivity index (χ0) is 32.3. The number of benzene rings is 2. The summed E-state index contributed by atoms with van der Waals surface area (Å²) in [5.74, 6) is -0.0905. The minimum atomic E-state index is -5.09. The summed E-state index contributed by atoms with van der Waals surface area (Å²) < 4.78 is 132. The van der Waals surface area contributed by atoms with Crippen LogP contribution in [0.15, 0.2) is 35.9 Å². The highest BCUT2D eigenvalue weighted by Gasteiger charge is 2.44. The van der Waals surface area contributed by atoms with Gasteiger partial charge in [-0.05, 0) is 78.6 Å². The standard InChI is InChI=1S/C29H29F9N2O3/c1-14-24(15-7-17(27(30,31)32)9-18(8-15)28(33,34)35)43-25(41)40(14)13-16-12-26(2,3)6-5-19(16)20-10-22(39)21(29(36,37)38)11-23(20)42-4/h7-11,14,24H,5-6,12-13,39H2,1-4H3/t14-,24-/m0/s1. The number of alkyl halides is 9. The molecule has 0 spiro atoms. The first-order valence-electron chi connectivity index (χ1n) is 13.1. The second kappa shape index (κ2) is 10.8. The molecule has 43 heavy (non-hydrogen) atoms. The number of carbonyl (C=O) groups excluding carboxylic acids is 1. The number of nitrogens with zero attached hydrogens (tertiary/aromatic N) is 1. The Kier molecular flexibility index (Phi) is 8.16. The summed E-state index contributed by atoms with van der Waals surface area (Å²) in [6.45, 7) is 5.22. The molecule has 0 bridgehead atoms. The second-order valence-electron chi connectivity index (χ2n) is 11.6. The normalized spacial score (nSPS) is 21.3. The maximum atomic E-state index is 13.5. The summed E-state index contributed by atoms with van der Waals surface area (Å²) in [5, 5.41) is 0. The van der Waals surface area contributed by atoms with Crippen molar-refractivity contribution in [1.82, 2.24) is 4.90 Å². The summed E-state index contributed by atoms with van der Waals surface area (Å²) in [4.78, 5) is 14.2. The number of nitrogens with two attached hydrogens (primary N) is 1. The van der Waals surface area contributed by atoms with Crippen LogP contribution >= 0.6 is 0 Å². The van der Waals surface area contributed by atoms with Gasteiger partial charge in [0.1, 0.15) is 11.9 Å². The Morgan fingerprint density at radius 3 is 2.05 bits per heavy atom. The lowest BCUT2D eigenvalue weighted by Gasteiger charge is -2.36. The highest BCUT2D eigenvalue weighted by atomic mass is 19.4. The number of halogens is 9. The van der Waals surface area contributed by atoms with Crippen LogP contribution < -0.4 is 10.5 Å². The van der Waals surface area contributed by atoms with Crippen LogP contribution in [0.25, 0.3) is 5.57 Å². The number of anilines is 1. The Labute approximate surface area is 241 Å². The van der Waals surface area contributed by atoms with Gasteiger partial charge in [0, 0.05) is 17.8 Å². The van der Waals surface area contributed by atoms with Crippen LogP contribution in [0.5, 0.6) is 5.75 Å². The van der Waals surface area contributed by atoms with E-state index in [9.17, 15) is 44.3 Å². The first-order valence-corrected chi connectivity index (χ1v) is 13.1. The molecule has 1 amide bonds. The van der Waals surface area contributed by atoms with E-state index in [1.165, 1.54) is 18.9 Å². The molecule has 0 aromatic heterocycles.